The summed E-state index contributed by atoms with van der Waals surface area (Å²) in [5.74, 6) is 0.0425. The Morgan fingerprint density at radius 2 is 2.22 bits per heavy atom. The van der Waals surface area contributed by atoms with Crippen molar-refractivity contribution in [3.63, 3.8) is 0 Å². The predicted octanol–water partition coefficient (Wildman–Crippen LogP) is 1.50. The molecule has 0 unspecified atom stereocenters. The van der Waals surface area contributed by atoms with Gasteiger partial charge in [-0.1, -0.05) is 0 Å². The van der Waals surface area contributed by atoms with E-state index < -0.39 is 12.5 Å². The van der Waals surface area contributed by atoms with Crippen LogP contribution in [0.2, 0.25) is 0 Å². The highest BCUT2D eigenvalue weighted by atomic mass is 19.3. The van der Waals surface area contributed by atoms with Crippen LogP contribution in [0.3, 0.4) is 0 Å². The van der Waals surface area contributed by atoms with Crippen molar-refractivity contribution in [2.24, 2.45) is 0 Å². The molecule has 1 amide bonds. The molecule has 0 saturated carbocycles. The zero-order valence-corrected chi connectivity index (χ0v) is 14.6. The Hall–Kier alpha value is -2.88. The highest BCUT2D eigenvalue weighted by Crippen LogP contribution is 2.24. The zero-order valence-electron chi connectivity index (χ0n) is 14.6. The van der Waals surface area contributed by atoms with Gasteiger partial charge in [0, 0.05) is 44.2 Å². The molecule has 0 aromatic carbocycles. The van der Waals surface area contributed by atoms with E-state index in [-0.39, 0.29) is 23.6 Å². The van der Waals surface area contributed by atoms with Gasteiger partial charge in [-0.05, 0) is 18.6 Å². The van der Waals surface area contributed by atoms with Crippen molar-refractivity contribution in [1.82, 2.24) is 20.3 Å². The maximum Gasteiger partial charge on any atom is 0.388 e. The number of anilines is 1. The first-order valence-corrected chi connectivity index (χ1v) is 8.31. The third-order valence-corrected chi connectivity index (χ3v) is 4.28. The minimum atomic E-state index is -3.00. The molecule has 2 aromatic rings. The van der Waals surface area contributed by atoms with Crippen LogP contribution < -0.4 is 15.0 Å². The standard InChI is InChI=1S/C17H19F2N5O3/c1-26-13-7-12(24(9-13)14-3-4-20-10-23-14)8-22-16(25)11-2-5-21-15(6-11)27-17(18)19/h2-6,10,12-13,17H,7-9H2,1H3,(H,22,25)/t12-,13-/m0/s1. The van der Waals surface area contributed by atoms with Crippen molar-refractivity contribution in [2.45, 2.75) is 25.2 Å². The molecular weight excluding hydrogens is 360 g/mol. The Balaban J connectivity index is 1.65. The number of carbonyl (C=O) groups is 1. The maximum atomic E-state index is 12.4. The van der Waals surface area contributed by atoms with Crippen LogP contribution >= 0.6 is 0 Å². The van der Waals surface area contributed by atoms with Crippen LogP contribution in [-0.4, -0.2) is 59.8 Å². The normalized spacial score (nSPS) is 19.3. The number of ether oxygens (including phenoxy) is 2. The van der Waals surface area contributed by atoms with E-state index in [4.69, 9.17) is 4.74 Å². The topological polar surface area (TPSA) is 89.5 Å². The Morgan fingerprint density at radius 1 is 1.37 bits per heavy atom. The molecule has 0 spiro atoms. The summed E-state index contributed by atoms with van der Waals surface area (Å²) < 4.78 is 34.2. The average Bonchev–Trinajstić information content (AvgIpc) is 3.10. The number of hydrogen-bond donors (Lipinski definition) is 1. The number of rotatable bonds is 7. The molecule has 1 aliphatic heterocycles. The van der Waals surface area contributed by atoms with E-state index in [1.54, 1.807) is 19.4 Å². The second-order valence-electron chi connectivity index (χ2n) is 5.94. The monoisotopic (exact) mass is 379 g/mol. The van der Waals surface area contributed by atoms with Gasteiger partial charge in [0.15, 0.2) is 0 Å². The van der Waals surface area contributed by atoms with E-state index in [1.165, 1.54) is 24.7 Å². The van der Waals surface area contributed by atoms with Crippen molar-refractivity contribution in [3.8, 4) is 5.88 Å². The van der Waals surface area contributed by atoms with Crippen LogP contribution in [0.15, 0.2) is 36.9 Å². The molecule has 10 heteroatoms. The lowest BCUT2D eigenvalue weighted by molar-refractivity contribution is -0.0529. The maximum absolute atomic E-state index is 12.4. The first kappa shape index (κ1) is 18.9. The summed E-state index contributed by atoms with van der Waals surface area (Å²) in [6, 6.07) is 4.38. The molecule has 3 heterocycles. The number of amides is 1. The molecule has 8 nitrogen and oxygen atoms in total. The van der Waals surface area contributed by atoms with Crippen LogP contribution in [-0.2, 0) is 4.74 Å². The second-order valence-corrected chi connectivity index (χ2v) is 5.94. The average molecular weight is 379 g/mol. The zero-order chi connectivity index (χ0) is 19.2. The number of pyridine rings is 1. The van der Waals surface area contributed by atoms with E-state index in [1.807, 2.05) is 4.90 Å². The van der Waals surface area contributed by atoms with Gasteiger partial charge in [0.2, 0.25) is 5.88 Å². The van der Waals surface area contributed by atoms with Crippen molar-refractivity contribution >= 4 is 11.7 Å². The molecular formula is C17H19F2N5O3. The van der Waals surface area contributed by atoms with Gasteiger partial charge in [0.25, 0.3) is 5.91 Å². The first-order valence-electron chi connectivity index (χ1n) is 8.31. The van der Waals surface area contributed by atoms with Crippen molar-refractivity contribution in [2.75, 3.05) is 25.1 Å². The van der Waals surface area contributed by atoms with E-state index >= 15 is 0 Å². The summed E-state index contributed by atoms with van der Waals surface area (Å²) in [6.07, 6.45) is 5.10. The minimum Gasteiger partial charge on any atom is -0.417 e. The number of alkyl halides is 2. The lowest BCUT2D eigenvalue weighted by Gasteiger charge is -2.25. The molecule has 0 aliphatic carbocycles. The first-order chi connectivity index (χ1) is 13.1. The number of nitrogens with zero attached hydrogens (tertiary/aromatic N) is 4. The summed E-state index contributed by atoms with van der Waals surface area (Å²) in [6.45, 7) is -2.01. The molecule has 0 bridgehead atoms. The van der Waals surface area contributed by atoms with Crippen LogP contribution in [0.1, 0.15) is 16.8 Å². The van der Waals surface area contributed by atoms with Gasteiger partial charge in [-0.25, -0.2) is 15.0 Å². The Bertz CT molecular complexity index is 765. The van der Waals surface area contributed by atoms with Gasteiger partial charge in [-0.2, -0.15) is 8.78 Å². The molecule has 2 atom stereocenters. The minimum absolute atomic E-state index is 0.0209. The quantitative estimate of drug-likeness (QED) is 0.780. The van der Waals surface area contributed by atoms with E-state index in [2.05, 4.69) is 25.0 Å². The largest absolute Gasteiger partial charge is 0.417 e. The highest BCUT2D eigenvalue weighted by Gasteiger charge is 2.33. The lowest BCUT2D eigenvalue weighted by Crippen LogP contribution is -2.40. The van der Waals surface area contributed by atoms with Crippen molar-refractivity contribution in [1.29, 1.82) is 0 Å². The number of halogens is 2. The SMILES string of the molecule is CO[C@H]1C[C@@H](CNC(=O)c2ccnc(OC(F)F)c2)N(c2ccncn2)C1. The van der Waals surface area contributed by atoms with Gasteiger partial charge >= 0.3 is 6.61 Å². The van der Waals surface area contributed by atoms with Crippen molar-refractivity contribution < 1.29 is 23.0 Å². The number of methoxy groups -OCH3 is 1. The van der Waals surface area contributed by atoms with Gasteiger partial charge in [-0.3, -0.25) is 4.79 Å². The molecule has 2 aromatic heterocycles. The Labute approximate surface area is 154 Å². The molecule has 1 N–H and O–H groups in total. The number of aromatic nitrogens is 3. The Morgan fingerprint density at radius 3 is 2.93 bits per heavy atom. The van der Waals surface area contributed by atoms with Crippen LogP contribution in [0.5, 0.6) is 5.88 Å². The van der Waals surface area contributed by atoms with Crippen LogP contribution in [0.25, 0.3) is 0 Å². The fourth-order valence-electron chi connectivity index (χ4n) is 2.99. The molecule has 144 valence electrons. The smallest absolute Gasteiger partial charge is 0.388 e. The third kappa shape index (κ3) is 4.85. The predicted molar refractivity (Wildman–Crippen MR) is 91.8 cm³/mol. The second kappa shape index (κ2) is 8.67. The lowest BCUT2D eigenvalue weighted by atomic mass is 10.2. The van der Waals surface area contributed by atoms with Crippen LogP contribution in [0.4, 0.5) is 14.6 Å². The molecule has 3 rings (SSSR count). The molecule has 0 radical (unpaired) electrons. The number of carbonyl (C=O) groups excluding carboxylic acids is 1. The summed E-state index contributed by atoms with van der Waals surface area (Å²) in [7, 11) is 1.64. The fourth-order valence-corrected chi connectivity index (χ4v) is 2.99. The van der Waals surface area contributed by atoms with Crippen molar-refractivity contribution in [3.05, 3.63) is 42.5 Å². The highest BCUT2D eigenvalue weighted by molar-refractivity contribution is 5.94. The van der Waals surface area contributed by atoms with E-state index in [9.17, 15) is 13.6 Å². The summed E-state index contributed by atoms with van der Waals surface area (Å²) in [4.78, 5) is 26.2. The summed E-state index contributed by atoms with van der Waals surface area (Å²) >= 11 is 0. The van der Waals surface area contributed by atoms with E-state index in [0.717, 1.165) is 12.2 Å². The summed E-state index contributed by atoms with van der Waals surface area (Å²) in [5.41, 5.74) is 0.190. The molecule has 27 heavy (non-hydrogen) atoms. The third-order valence-electron chi connectivity index (χ3n) is 4.28. The number of nitrogens with one attached hydrogen (secondary N) is 1. The van der Waals surface area contributed by atoms with E-state index in [0.29, 0.717) is 13.1 Å². The number of hydrogen-bond acceptors (Lipinski definition) is 7. The fraction of sp³-hybridized carbons (Fsp3) is 0.412. The van der Waals surface area contributed by atoms with Gasteiger partial charge in [-0.15, -0.1) is 0 Å². The van der Waals surface area contributed by atoms with Crippen LogP contribution in [0, 0.1) is 0 Å². The molecule has 1 aliphatic rings. The molecule has 1 saturated heterocycles. The summed E-state index contributed by atoms with van der Waals surface area (Å²) in [5, 5.41) is 2.82. The van der Waals surface area contributed by atoms with Gasteiger partial charge < -0.3 is 19.7 Å². The van der Waals surface area contributed by atoms with Gasteiger partial charge in [0.1, 0.15) is 12.1 Å². The molecule has 1 fully saturated rings. The van der Waals surface area contributed by atoms with Gasteiger partial charge in [0.05, 0.1) is 12.1 Å². The Kier molecular flexibility index (Phi) is 6.07.